The number of ether oxygens (including phenoxy) is 2. The van der Waals surface area contributed by atoms with Crippen molar-refractivity contribution in [2.24, 2.45) is 5.92 Å². The molecule has 0 radical (unpaired) electrons. The van der Waals surface area contributed by atoms with Crippen LogP contribution in [0.1, 0.15) is 23.2 Å². The van der Waals surface area contributed by atoms with Crippen LogP contribution in [0.5, 0.6) is 11.5 Å². The number of carbonyl (C=O) groups excluding carboxylic acids is 1. The molecule has 0 spiro atoms. The number of carbonyl (C=O) groups is 2. The average Bonchev–Trinajstić information content (AvgIpc) is 2.53. The minimum Gasteiger partial charge on any atom is -0.493 e. The summed E-state index contributed by atoms with van der Waals surface area (Å²) < 4.78 is 11.1. The third kappa shape index (κ3) is 3.35. The van der Waals surface area contributed by atoms with E-state index in [4.69, 9.17) is 14.6 Å². The second-order valence-corrected chi connectivity index (χ2v) is 5.98. The molecule has 0 unspecified atom stereocenters. The smallest absolute Gasteiger partial charge is 0.308 e. The number of hydrogen-bond acceptors (Lipinski definition) is 4. The molecule has 1 N–H and O–H groups in total. The highest BCUT2D eigenvalue weighted by Gasteiger charge is 2.29. The first-order chi connectivity index (χ1) is 10.5. The van der Waals surface area contributed by atoms with Gasteiger partial charge in [0.15, 0.2) is 11.5 Å². The van der Waals surface area contributed by atoms with E-state index in [1.807, 2.05) is 0 Å². The van der Waals surface area contributed by atoms with Crippen molar-refractivity contribution in [2.75, 3.05) is 27.3 Å². The molecule has 2 rings (SSSR count). The molecule has 1 atom stereocenters. The molecule has 1 fully saturated rings. The van der Waals surface area contributed by atoms with E-state index in [0.717, 1.165) is 0 Å². The van der Waals surface area contributed by atoms with Gasteiger partial charge >= 0.3 is 5.97 Å². The van der Waals surface area contributed by atoms with Crippen LogP contribution < -0.4 is 9.47 Å². The van der Waals surface area contributed by atoms with Crippen LogP contribution in [0.3, 0.4) is 0 Å². The third-order valence-corrected chi connectivity index (χ3v) is 4.33. The predicted molar refractivity (Wildman–Crippen MR) is 83.5 cm³/mol. The average molecular weight is 372 g/mol. The summed E-state index contributed by atoms with van der Waals surface area (Å²) in [6.45, 7) is 0.800. The Bertz CT molecular complexity index is 590. The zero-order chi connectivity index (χ0) is 16.3. The second kappa shape index (κ2) is 7.00. The Morgan fingerprint density at radius 3 is 2.64 bits per heavy atom. The van der Waals surface area contributed by atoms with Gasteiger partial charge in [-0.25, -0.2) is 0 Å². The first kappa shape index (κ1) is 16.6. The number of rotatable bonds is 4. The predicted octanol–water partition coefficient (Wildman–Crippen LogP) is 2.40. The zero-order valence-corrected chi connectivity index (χ0v) is 14.1. The molecule has 1 heterocycles. The largest absolute Gasteiger partial charge is 0.493 e. The molecule has 0 saturated carbocycles. The van der Waals surface area contributed by atoms with E-state index >= 15 is 0 Å². The standard InChI is InChI=1S/C15H18BrNO5/c1-21-12-7-10(6-11(16)13(12)22-2)14(18)17-5-3-4-9(8-17)15(19)20/h6-7,9H,3-5,8H2,1-2H3,(H,19,20)/t9-/m0/s1. The lowest BCUT2D eigenvalue weighted by molar-refractivity contribution is -0.143. The van der Waals surface area contributed by atoms with Crippen LogP contribution >= 0.6 is 15.9 Å². The minimum atomic E-state index is -0.856. The number of benzene rings is 1. The zero-order valence-electron chi connectivity index (χ0n) is 12.5. The van der Waals surface area contributed by atoms with Crippen LogP contribution in [-0.4, -0.2) is 49.2 Å². The summed E-state index contributed by atoms with van der Waals surface area (Å²) in [6.07, 6.45) is 1.30. The molecule has 1 aromatic carbocycles. The van der Waals surface area contributed by atoms with Gasteiger partial charge in [-0.3, -0.25) is 9.59 Å². The van der Waals surface area contributed by atoms with E-state index in [0.29, 0.717) is 40.9 Å². The lowest BCUT2D eigenvalue weighted by Gasteiger charge is -2.31. The van der Waals surface area contributed by atoms with E-state index in [9.17, 15) is 9.59 Å². The summed E-state index contributed by atoms with van der Waals surface area (Å²) >= 11 is 3.36. The lowest BCUT2D eigenvalue weighted by atomic mass is 9.97. The van der Waals surface area contributed by atoms with E-state index < -0.39 is 11.9 Å². The topological polar surface area (TPSA) is 76.1 Å². The normalized spacial score (nSPS) is 18.0. The second-order valence-electron chi connectivity index (χ2n) is 5.12. The maximum Gasteiger partial charge on any atom is 0.308 e. The molecule has 22 heavy (non-hydrogen) atoms. The molecule has 0 aromatic heterocycles. The fourth-order valence-corrected chi connectivity index (χ4v) is 3.19. The first-order valence-electron chi connectivity index (χ1n) is 6.91. The molecular formula is C15H18BrNO5. The van der Waals surface area contributed by atoms with Crippen molar-refractivity contribution in [3.63, 3.8) is 0 Å². The van der Waals surface area contributed by atoms with Crippen LogP contribution in [0.2, 0.25) is 0 Å². The van der Waals surface area contributed by atoms with Crippen LogP contribution in [0, 0.1) is 5.92 Å². The van der Waals surface area contributed by atoms with Crippen molar-refractivity contribution in [2.45, 2.75) is 12.8 Å². The third-order valence-electron chi connectivity index (χ3n) is 3.74. The van der Waals surface area contributed by atoms with Gasteiger partial charge in [0.2, 0.25) is 0 Å². The number of nitrogens with zero attached hydrogens (tertiary/aromatic N) is 1. The highest BCUT2D eigenvalue weighted by atomic mass is 79.9. The fourth-order valence-electron chi connectivity index (χ4n) is 2.59. The Kier molecular flexibility index (Phi) is 5.28. The van der Waals surface area contributed by atoms with Crippen LogP contribution in [0.25, 0.3) is 0 Å². The van der Waals surface area contributed by atoms with Gasteiger partial charge in [0, 0.05) is 18.7 Å². The number of likely N-dealkylation sites (tertiary alicyclic amines) is 1. The van der Waals surface area contributed by atoms with Crippen LogP contribution in [0.4, 0.5) is 0 Å². The molecule has 1 amide bonds. The van der Waals surface area contributed by atoms with Crippen molar-refractivity contribution in [1.82, 2.24) is 4.90 Å². The lowest BCUT2D eigenvalue weighted by Crippen LogP contribution is -2.42. The number of carboxylic acid groups (broad SMARTS) is 1. The summed E-state index contributed by atoms with van der Waals surface area (Å²) in [5.74, 6) is -0.590. The number of amides is 1. The molecule has 1 aromatic rings. The summed E-state index contributed by atoms with van der Waals surface area (Å²) in [5.41, 5.74) is 0.440. The molecule has 0 aliphatic carbocycles. The molecular weight excluding hydrogens is 354 g/mol. The summed E-state index contributed by atoms with van der Waals surface area (Å²) in [5, 5.41) is 9.12. The number of hydrogen-bond donors (Lipinski definition) is 1. The highest BCUT2D eigenvalue weighted by molar-refractivity contribution is 9.10. The molecule has 1 saturated heterocycles. The van der Waals surface area contributed by atoms with Crippen LogP contribution in [0.15, 0.2) is 16.6 Å². The Morgan fingerprint density at radius 1 is 1.32 bits per heavy atom. The van der Waals surface area contributed by atoms with Gasteiger partial charge in [0.25, 0.3) is 5.91 Å². The van der Waals surface area contributed by atoms with Crippen molar-refractivity contribution in [3.8, 4) is 11.5 Å². The molecule has 120 valence electrons. The van der Waals surface area contributed by atoms with Gasteiger partial charge in [-0.2, -0.15) is 0 Å². The number of piperidine rings is 1. The van der Waals surface area contributed by atoms with E-state index in [1.54, 1.807) is 17.0 Å². The Morgan fingerprint density at radius 2 is 2.05 bits per heavy atom. The van der Waals surface area contributed by atoms with Crippen molar-refractivity contribution in [1.29, 1.82) is 0 Å². The van der Waals surface area contributed by atoms with E-state index in [1.165, 1.54) is 14.2 Å². The Labute approximate surface area is 137 Å². The van der Waals surface area contributed by atoms with Crippen LogP contribution in [-0.2, 0) is 4.79 Å². The maximum absolute atomic E-state index is 12.6. The van der Waals surface area contributed by atoms with Crippen molar-refractivity contribution in [3.05, 3.63) is 22.2 Å². The summed E-state index contributed by atoms with van der Waals surface area (Å²) in [6, 6.07) is 3.27. The SMILES string of the molecule is COc1cc(C(=O)N2CCC[C@H](C(=O)O)C2)cc(Br)c1OC. The van der Waals surface area contributed by atoms with Gasteiger partial charge in [0.1, 0.15) is 0 Å². The Balaban J connectivity index is 2.25. The number of halogens is 1. The van der Waals surface area contributed by atoms with Crippen molar-refractivity contribution < 1.29 is 24.2 Å². The molecule has 1 aliphatic rings. The Hall–Kier alpha value is -1.76. The summed E-state index contributed by atoms with van der Waals surface area (Å²) in [7, 11) is 3.02. The minimum absolute atomic E-state index is 0.201. The molecule has 0 bridgehead atoms. The first-order valence-corrected chi connectivity index (χ1v) is 7.70. The van der Waals surface area contributed by atoms with Gasteiger partial charge in [-0.1, -0.05) is 0 Å². The van der Waals surface area contributed by atoms with Gasteiger partial charge in [-0.05, 0) is 40.9 Å². The summed E-state index contributed by atoms with van der Waals surface area (Å²) in [4.78, 5) is 25.3. The van der Waals surface area contributed by atoms with Crippen molar-refractivity contribution >= 4 is 27.8 Å². The monoisotopic (exact) mass is 371 g/mol. The molecule has 1 aliphatic heterocycles. The quantitative estimate of drug-likeness (QED) is 0.879. The fraction of sp³-hybridized carbons (Fsp3) is 0.467. The number of aliphatic carboxylic acids is 1. The van der Waals surface area contributed by atoms with Gasteiger partial charge < -0.3 is 19.5 Å². The molecule has 7 heteroatoms. The van der Waals surface area contributed by atoms with Gasteiger partial charge in [-0.15, -0.1) is 0 Å². The highest BCUT2D eigenvalue weighted by Crippen LogP contribution is 2.36. The van der Waals surface area contributed by atoms with E-state index in [2.05, 4.69) is 15.9 Å². The van der Waals surface area contributed by atoms with Gasteiger partial charge in [0.05, 0.1) is 24.6 Å². The maximum atomic E-state index is 12.6. The van der Waals surface area contributed by atoms with E-state index in [-0.39, 0.29) is 12.5 Å². The number of carboxylic acids is 1. The number of methoxy groups -OCH3 is 2. The molecule has 6 nitrogen and oxygen atoms in total.